The second kappa shape index (κ2) is 9.50. The number of para-hydroxylation sites is 1. The third kappa shape index (κ3) is 4.91. The van der Waals surface area contributed by atoms with E-state index in [2.05, 4.69) is 30.2 Å². The summed E-state index contributed by atoms with van der Waals surface area (Å²) < 4.78 is 10.9. The van der Waals surface area contributed by atoms with Crippen molar-refractivity contribution in [2.24, 2.45) is 5.92 Å². The van der Waals surface area contributed by atoms with Gasteiger partial charge in [0.2, 0.25) is 5.91 Å². The van der Waals surface area contributed by atoms with E-state index in [4.69, 9.17) is 9.47 Å². The summed E-state index contributed by atoms with van der Waals surface area (Å²) in [6.07, 6.45) is 3.35. The Labute approximate surface area is 172 Å². The zero-order valence-electron chi connectivity index (χ0n) is 17.6. The molecule has 2 aromatic carbocycles. The van der Waals surface area contributed by atoms with Crippen LogP contribution in [0.2, 0.25) is 0 Å². The third-order valence-electron chi connectivity index (χ3n) is 5.24. The van der Waals surface area contributed by atoms with E-state index in [9.17, 15) is 4.79 Å². The number of carbonyl (C=O) groups excluding carboxylic acids is 1. The minimum absolute atomic E-state index is 0.0516. The molecule has 3 rings (SSSR count). The van der Waals surface area contributed by atoms with Crippen LogP contribution in [0.3, 0.4) is 0 Å². The predicted molar refractivity (Wildman–Crippen MR) is 117 cm³/mol. The van der Waals surface area contributed by atoms with Gasteiger partial charge < -0.3 is 19.8 Å². The molecule has 1 heterocycles. The molecule has 29 heavy (non-hydrogen) atoms. The lowest BCUT2D eigenvalue weighted by molar-refractivity contribution is -0.121. The monoisotopic (exact) mass is 394 g/mol. The number of benzene rings is 2. The minimum Gasteiger partial charge on any atom is -0.493 e. The Kier molecular flexibility index (Phi) is 6.81. The largest absolute Gasteiger partial charge is 0.493 e. The molecular formula is C24H30N2O3. The van der Waals surface area contributed by atoms with E-state index >= 15 is 0 Å². The molecule has 0 unspecified atom stereocenters. The van der Waals surface area contributed by atoms with Crippen molar-refractivity contribution in [3.63, 3.8) is 0 Å². The molecule has 1 atom stereocenters. The Balaban J connectivity index is 1.95. The second-order valence-corrected chi connectivity index (χ2v) is 7.69. The van der Waals surface area contributed by atoms with Crippen molar-refractivity contribution in [1.29, 1.82) is 0 Å². The van der Waals surface area contributed by atoms with Crippen LogP contribution in [0.15, 0.2) is 48.7 Å². The molecule has 0 radical (unpaired) electrons. The summed E-state index contributed by atoms with van der Waals surface area (Å²) in [6.45, 7) is 5.01. The standard InChI is InChI=1S/C24H30N2O3/c1-16(2)11-12-25-24(27)14-19(17-9-10-22(28-3)23(13-17)29-4)20-15-26-21-8-6-5-7-18(20)21/h5-10,13,15-16,19,26H,11-12,14H2,1-4H3,(H,25,27)/t19-/m1/s1. The van der Waals surface area contributed by atoms with Crippen molar-refractivity contribution in [3.8, 4) is 11.5 Å². The molecule has 5 heteroatoms. The maximum absolute atomic E-state index is 12.7. The maximum atomic E-state index is 12.7. The number of aromatic amines is 1. The van der Waals surface area contributed by atoms with Gasteiger partial charge in [0.05, 0.1) is 14.2 Å². The summed E-state index contributed by atoms with van der Waals surface area (Å²) in [5.74, 6) is 1.86. The van der Waals surface area contributed by atoms with Crippen molar-refractivity contribution in [2.75, 3.05) is 20.8 Å². The lowest BCUT2D eigenvalue weighted by Crippen LogP contribution is -2.27. The van der Waals surface area contributed by atoms with Gasteiger partial charge in [0, 0.05) is 36.0 Å². The highest BCUT2D eigenvalue weighted by atomic mass is 16.5. The zero-order valence-corrected chi connectivity index (χ0v) is 17.6. The van der Waals surface area contributed by atoms with E-state index in [1.54, 1.807) is 14.2 Å². The molecule has 1 aromatic heterocycles. The Morgan fingerprint density at radius 2 is 1.83 bits per heavy atom. The van der Waals surface area contributed by atoms with Crippen molar-refractivity contribution in [2.45, 2.75) is 32.6 Å². The van der Waals surface area contributed by atoms with Crippen LogP contribution in [0, 0.1) is 5.92 Å². The Morgan fingerprint density at radius 1 is 1.07 bits per heavy atom. The van der Waals surface area contributed by atoms with E-state index in [1.807, 2.05) is 42.6 Å². The van der Waals surface area contributed by atoms with Gasteiger partial charge in [-0.25, -0.2) is 0 Å². The van der Waals surface area contributed by atoms with Gasteiger partial charge in [0.1, 0.15) is 0 Å². The van der Waals surface area contributed by atoms with Gasteiger partial charge in [-0.3, -0.25) is 4.79 Å². The molecule has 2 N–H and O–H groups in total. The summed E-state index contributed by atoms with van der Waals surface area (Å²) >= 11 is 0. The second-order valence-electron chi connectivity index (χ2n) is 7.69. The SMILES string of the molecule is COc1ccc([C@@H](CC(=O)NCCC(C)C)c2c[nH]c3ccccc23)cc1OC. The van der Waals surface area contributed by atoms with E-state index in [-0.39, 0.29) is 11.8 Å². The predicted octanol–water partition coefficient (Wildman–Crippen LogP) is 4.87. The Hall–Kier alpha value is -2.95. The number of nitrogens with one attached hydrogen (secondary N) is 2. The molecule has 1 amide bonds. The van der Waals surface area contributed by atoms with Crippen LogP contribution in [0.4, 0.5) is 0 Å². The fraction of sp³-hybridized carbons (Fsp3) is 0.375. The van der Waals surface area contributed by atoms with Crippen molar-refractivity contribution >= 4 is 16.8 Å². The van der Waals surface area contributed by atoms with Gasteiger partial charge in [0.25, 0.3) is 0 Å². The van der Waals surface area contributed by atoms with Crippen molar-refractivity contribution in [1.82, 2.24) is 10.3 Å². The molecule has 0 bridgehead atoms. The highest BCUT2D eigenvalue weighted by molar-refractivity contribution is 5.86. The van der Waals surface area contributed by atoms with Crippen LogP contribution < -0.4 is 14.8 Å². The van der Waals surface area contributed by atoms with Crippen LogP contribution >= 0.6 is 0 Å². The summed E-state index contributed by atoms with van der Waals surface area (Å²) in [5.41, 5.74) is 3.19. The average molecular weight is 395 g/mol. The van der Waals surface area contributed by atoms with E-state index in [0.717, 1.165) is 28.5 Å². The van der Waals surface area contributed by atoms with Crippen molar-refractivity contribution in [3.05, 3.63) is 59.8 Å². The minimum atomic E-state index is -0.0926. The molecule has 0 aliphatic heterocycles. The van der Waals surface area contributed by atoms with Crippen LogP contribution in [-0.2, 0) is 4.79 Å². The molecule has 0 spiro atoms. The van der Waals surface area contributed by atoms with Crippen LogP contribution in [0.25, 0.3) is 10.9 Å². The normalized spacial score (nSPS) is 12.2. The molecule has 0 fully saturated rings. The lowest BCUT2D eigenvalue weighted by Gasteiger charge is -2.19. The van der Waals surface area contributed by atoms with Crippen molar-refractivity contribution < 1.29 is 14.3 Å². The first-order chi connectivity index (χ1) is 14.0. The lowest BCUT2D eigenvalue weighted by atomic mass is 9.87. The molecule has 154 valence electrons. The van der Waals surface area contributed by atoms with Gasteiger partial charge in [-0.05, 0) is 41.7 Å². The number of H-pyrrole nitrogens is 1. The van der Waals surface area contributed by atoms with Crippen LogP contribution in [0.1, 0.15) is 43.7 Å². The van der Waals surface area contributed by atoms with E-state index in [0.29, 0.717) is 30.4 Å². The number of fused-ring (bicyclic) bond motifs is 1. The molecule has 0 saturated heterocycles. The fourth-order valence-corrected chi connectivity index (χ4v) is 3.62. The number of hydrogen-bond donors (Lipinski definition) is 2. The summed E-state index contributed by atoms with van der Waals surface area (Å²) in [7, 11) is 3.25. The number of hydrogen-bond acceptors (Lipinski definition) is 3. The summed E-state index contributed by atoms with van der Waals surface area (Å²) in [6, 6.07) is 14.0. The average Bonchev–Trinajstić information content (AvgIpc) is 3.15. The molecular weight excluding hydrogens is 364 g/mol. The summed E-state index contributed by atoms with van der Waals surface area (Å²) in [5, 5.41) is 4.20. The number of ether oxygens (including phenoxy) is 2. The number of amides is 1. The van der Waals surface area contributed by atoms with Gasteiger partial charge in [-0.1, -0.05) is 38.1 Å². The van der Waals surface area contributed by atoms with Gasteiger partial charge in [-0.15, -0.1) is 0 Å². The zero-order chi connectivity index (χ0) is 20.8. The molecule has 3 aromatic rings. The molecule has 5 nitrogen and oxygen atoms in total. The number of carbonyl (C=O) groups is 1. The molecule has 0 aliphatic carbocycles. The first-order valence-electron chi connectivity index (χ1n) is 10.1. The summed E-state index contributed by atoms with van der Waals surface area (Å²) in [4.78, 5) is 16.1. The van der Waals surface area contributed by atoms with Gasteiger partial charge in [0.15, 0.2) is 11.5 Å². The Morgan fingerprint density at radius 3 is 2.55 bits per heavy atom. The third-order valence-corrected chi connectivity index (χ3v) is 5.24. The van der Waals surface area contributed by atoms with Crippen LogP contribution in [-0.4, -0.2) is 31.7 Å². The highest BCUT2D eigenvalue weighted by Gasteiger charge is 2.22. The number of aromatic nitrogens is 1. The number of methoxy groups -OCH3 is 2. The topological polar surface area (TPSA) is 63.3 Å². The van der Waals surface area contributed by atoms with Gasteiger partial charge >= 0.3 is 0 Å². The van der Waals surface area contributed by atoms with Crippen LogP contribution in [0.5, 0.6) is 11.5 Å². The highest BCUT2D eigenvalue weighted by Crippen LogP contribution is 2.37. The smallest absolute Gasteiger partial charge is 0.220 e. The van der Waals surface area contributed by atoms with Gasteiger partial charge in [-0.2, -0.15) is 0 Å². The van der Waals surface area contributed by atoms with E-state index < -0.39 is 0 Å². The first kappa shape index (κ1) is 20.8. The quantitative estimate of drug-likeness (QED) is 0.544. The molecule has 0 saturated carbocycles. The fourth-order valence-electron chi connectivity index (χ4n) is 3.62. The maximum Gasteiger partial charge on any atom is 0.220 e. The molecule has 0 aliphatic rings. The first-order valence-corrected chi connectivity index (χ1v) is 10.1. The van der Waals surface area contributed by atoms with E-state index in [1.165, 1.54) is 0 Å². The Bertz CT molecular complexity index is 962. The number of rotatable bonds is 9.